The van der Waals surface area contributed by atoms with Gasteiger partial charge in [-0.1, -0.05) is 19.9 Å². The molecule has 0 saturated carbocycles. The van der Waals surface area contributed by atoms with Gasteiger partial charge in [-0.05, 0) is 42.0 Å². The third kappa shape index (κ3) is 6.10. The molecule has 1 aromatic rings. The topological polar surface area (TPSA) is 66.4 Å². The minimum atomic E-state index is -1.02. The number of amides is 1. The van der Waals surface area contributed by atoms with Crippen LogP contribution in [-0.2, 0) is 0 Å². The Morgan fingerprint density at radius 3 is 2.65 bits per heavy atom. The summed E-state index contributed by atoms with van der Waals surface area (Å²) in [5.41, 5.74) is 0.518. The quantitative estimate of drug-likeness (QED) is 0.724. The van der Waals surface area contributed by atoms with Gasteiger partial charge in [0.2, 0.25) is 0 Å². The standard InChI is InChI=1S/C15H21NO3S/c1-11(2)10-20-8-4-7-16-14(17)12-5-3-6-13(9-12)15(18)19/h3,5-6,9,11H,4,7-8,10H2,1-2H3,(H,16,17)(H,18,19). The molecule has 1 rings (SSSR count). The first-order valence-electron chi connectivity index (χ1n) is 6.70. The van der Waals surface area contributed by atoms with Crippen LogP contribution in [0.5, 0.6) is 0 Å². The minimum Gasteiger partial charge on any atom is -0.478 e. The number of aromatic carboxylic acids is 1. The van der Waals surface area contributed by atoms with Gasteiger partial charge in [-0.2, -0.15) is 11.8 Å². The highest BCUT2D eigenvalue weighted by Crippen LogP contribution is 2.08. The van der Waals surface area contributed by atoms with Crippen LogP contribution in [-0.4, -0.2) is 35.0 Å². The van der Waals surface area contributed by atoms with E-state index < -0.39 is 5.97 Å². The molecule has 0 atom stereocenters. The van der Waals surface area contributed by atoms with Gasteiger partial charge in [0, 0.05) is 12.1 Å². The van der Waals surface area contributed by atoms with Crippen LogP contribution in [0.15, 0.2) is 24.3 Å². The molecule has 5 heteroatoms. The second kappa shape index (κ2) is 8.64. The van der Waals surface area contributed by atoms with Crippen molar-refractivity contribution in [2.24, 2.45) is 5.92 Å². The van der Waals surface area contributed by atoms with Gasteiger partial charge >= 0.3 is 5.97 Å². The van der Waals surface area contributed by atoms with Crippen LogP contribution in [0.25, 0.3) is 0 Å². The van der Waals surface area contributed by atoms with Gasteiger partial charge in [0.05, 0.1) is 5.56 Å². The average molecular weight is 295 g/mol. The SMILES string of the molecule is CC(C)CSCCCNC(=O)c1cccc(C(=O)O)c1. The molecular weight excluding hydrogens is 274 g/mol. The summed E-state index contributed by atoms with van der Waals surface area (Å²) in [4.78, 5) is 22.7. The molecule has 2 N–H and O–H groups in total. The zero-order valence-electron chi connectivity index (χ0n) is 11.9. The number of carbonyl (C=O) groups is 2. The van der Waals surface area contributed by atoms with E-state index >= 15 is 0 Å². The molecule has 0 heterocycles. The Morgan fingerprint density at radius 1 is 1.30 bits per heavy atom. The van der Waals surface area contributed by atoms with E-state index in [4.69, 9.17) is 5.11 Å². The summed E-state index contributed by atoms with van der Waals surface area (Å²) < 4.78 is 0. The first-order chi connectivity index (χ1) is 9.50. The fourth-order valence-corrected chi connectivity index (χ4v) is 2.58. The average Bonchev–Trinajstić information content (AvgIpc) is 2.42. The van der Waals surface area contributed by atoms with Crippen molar-refractivity contribution >= 4 is 23.6 Å². The zero-order chi connectivity index (χ0) is 15.0. The molecule has 0 bridgehead atoms. The van der Waals surface area contributed by atoms with Crippen molar-refractivity contribution in [2.45, 2.75) is 20.3 Å². The van der Waals surface area contributed by atoms with Crippen LogP contribution in [0.1, 0.15) is 41.0 Å². The van der Waals surface area contributed by atoms with Crippen LogP contribution in [0, 0.1) is 5.92 Å². The van der Waals surface area contributed by atoms with Crippen LogP contribution >= 0.6 is 11.8 Å². The maximum Gasteiger partial charge on any atom is 0.335 e. The third-order valence-electron chi connectivity index (χ3n) is 2.57. The van der Waals surface area contributed by atoms with Gasteiger partial charge in [0.1, 0.15) is 0 Å². The highest BCUT2D eigenvalue weighted by molar-refractivity contribution is 7.99. The van der Waals surface area contributed by atoms with Gasteiger partial charge in [0.25, 0.3) is 5.91 Å². The fraction of sp³-hybridized carbons (Fsp3) is 0.467. The van der Waals surface area contributed by atoms with Crippen molar-refractivity contribution in [3.8, 4) is 0 Å². The zero-order valence-corrected chi connectivity index (χ0v) is 12.7. The molecule has 0 saturated heterocycles. The Kier molecular flexibility index (Phi) is 7.15. The van der Waals surface area contributed by atoms with E-state index in [2.05, 4.69) is 19.2 Å². The van der Waals surface area contributed by atoms with E-state index in [0.29, 0.717) is 18.0 Å². The molecule has 0 aliphatic carbocycles. The van der Waals surface area contributed by atoms with Crippen molar-refractivity contribution in [1.82, 2.24) is 5.32 Å². The van der Waals surface area contributed by atoms with E-state index in [9.17, 15) is 9.59 Å². The van der Waals surface area contributed by atoms with E-state index in [-0.39, 0.29) is 11.5 Å². The molecular formula is C15H21NO3S. The molecule has 0 aliphatic heterocycles. The molecule has 1 amide bonds. The first kappa shape index (κ1) is 16.6. The Morgan fingerprint density at radius 2 is 2.00 bits per heavy atom. The Hall–Kier alpha value is -1.49. The van der Waals surface area contributed by atoms with Crippen molar-refractivity contribution in [1.29, 1.82) is 0 Å². The molecule has 110 valence electrons. The predicted molar refractivity (Wildman–Crippen MR) is 82.5 cm³/mol. The lowest BCUT2D eigenvalue weighted by Crippen LogP contribution is -2.25. The summed E-state index contributed by atoms with van der Waals surface area (Å²) in [5.74, 6) is 1.60. The summed E-state index contributed by atoms with van der Waals surface area (Å²) in [5, 5.41) is 11.7. The van der Waals surface area contributed by atoms with Gasteiger partial charge in [-0.15, -0.1) is 0 Å². The maximum atomic E-state index is 11.8. The number of rotatable bonds is 8. The number of hydrogen-bond acceptors (Lipinski definition) is 3. The lowest BCUT2D eigenvalue weighted by atomic mass is 10.1. The van der Waals surface area contributed by atoms with Gasteiger partial charge in [0.15, 0.2) is 0 Å². The highest BCUT2D eigenvalue weighted by atomic mass is 32.2. The molecule has 20 heavy (non-hydrogen) atoms. The molecule has 0 aliphatic rings. The highest BCUT2D eigenvalue weighted by Gasteiger charge is 2.08. The van der Waals surface area contributed by atoms with Crippen LogP contribution < -0.4 is 5.32 Å². The van der Waals surface area contributed by atoms with Gasteiger partial charge in [-0.3, -0.25) is 4.79 Å². The molecule has 0 spiro atoms. The lowest BCUT2D eigenvalue weighted by Gasteiger charge is -2.07. The predicted octanol–water partition coefficient (Wildman–Crippen LogP) is 2.89. The Bertz CT molecular complexity index is 460. The van der Waals surface area contributed by atoms with E-state index in [0.717, 1.165) is 17.9 Å². The molecule has 0 fully saturated rings. The van der Waals surface area contributed by atoms with E-state index in [1.54, 1.807) is 12.1 Å². The van der Waals surface area contributed by atoms with Crippen LogP contribution in [0.3, 0.4) is 0 Å². The van der Waals surface area contributed by atoms with Crippen molar-refractivity contribution in [2.75, 3.05) is 18.1 Å². The Labute approximate surface area is 124 Å². The maximum absolute atomic E-state index is 11.8. The van der Waals surface area contributed by atoms with E-state index in [1.807, 2.05) is 11.8 Å². The normalized spacial score (nSPS) is 10.6. The summed E-state index contributed by atoms with van der Waals surface area (Å²) in [6.07, 6.45) is 0.918. The summed E-state index contributed by atoms with van der Waals surface area (Å²) >= 11 is 1.89. The van der Waals surface area contributed by atoms with Crippen molar-refractivity contribution in [3.63, 3.8) is 0 Å². The number of benzene rings is 1. The summed E-state index contributed by atoms with van der Waals surface area (Å²) in [6.45, 7) is 4.98. The largest absolute Gasteiger partial charge is 0.478 e. The second-order valence-electron chi connectivity index (χ2n) is 4.96. The molecule has 0 aromatic heterocycles. The fourth-order valence-electron chi connectivity index (χ4n) is 1.59. The minimum absolute atomic E-state index is 0.130. The van der Waals surface area contributed by atoms with E-state index in [1.165, 1.54) is 12.1 Å². The van der Waals surface area contributed by atoms with Crippen molar-refractivity contribution < 1.29 is 14.7 Å². The Balaban J connectivity index is 2.32. The van der Waals surface area contributed by atoms with Crippen molar-refractivity contribution in [3.05, 3.63) is 35.4 Å². The van der Waals surface area contributed by atoms with Crippen LogP contribution in [0.2, 0.25) is 0 Å². The summed E-state index contributed by atoms with van der Waals surface area (Å²) in [7, 11) is 0. The van der Waals surface area contributed by atoms with Gasteiger partial charge in [-0.25, -0.2) is 4.79 Å². The monoisotopic (exact) mass is 295 g/mol. The smallest absolute Gasteiger partial charge is 0.335 e. The molecule has 1 aromatic carbocycles. The third-order valence-corrected chi connectivity index (χ3v) is 4.05. The summed E-state index contributed by atoms with van der Waals surface area (Å²) in [6, 6.07) is 6.07. The molecule has 0 unspecified atom stereocenters. The first-order valence-corrected chi connectivity index (χ1v) is 7.85. The number of carbonyl (C=O) groups excluding carboxylic acids is 1. The number of carboxylic acid groups (broad SMARTS) is 1. The second-order valence-corrected chi connectivity index (χ2v) is 6.11. The number of thioether (sulfide) groups is 1. The number of hydrogen-bond donors (Lipinski definition) is 2. The molecule has 0 radical (unpaired) electrons. The number of nitrogens with one attached hydrogen (secondary N) is 1. The van der Waals surface area contributed by atoms with Crippen LogP contribution in [0.4, 0.5) is 0 Å². The number of carboxylic acids is 1. The molecule has 4 nitrogen and oxygen atoms in total. The van der Waals surface area contributed by atoms with Gasteiger partial charge < -0.3 is 10.4 Å². The lowest BCUT2D eigenvalue weighted by molar-refractivity contribution is 0.0697.